The number of benzene rings is 4. The average molecular weight is 451 g/mol. The molecule has 0 radical (unpaired) electrons. The summed E-state index contributed by atoms with van der Waals surface area (Å²) in [4.78, 5) is 25.4. The van der Waals surface area contributed by atoms with E-state index in [-0.39, 0.29) is 11.8 Å². The number of hydrogen-bond donors (Lipinski definition) is 2. The number of aromatic nitrogens is 2. The molecule has 4 aromatic carbocycles. The van der Waals surface area contributed by atoms with E-state index in [1.165, 1.54) is 11.3 Å². The van der Waals surface area contributed by atoms with E-state index < -0.39 is 0 Å². The van der Waals surface area contributed by atoms with Crippen molar-refractivity contribution < 1.29 is 9.59 Å². The summed E-state index contributed by atoms with van der Waals surface area (Å²) in [5.74, 6) is -0.496. The van der Waals surface area contributed by atoms with E-state index in [4.69, 9.17) is 0 Å². The van der Waals surface area contributed by atoms with Gasteiger partial charge in [-0.1, -0.05) is 78.1 Å². The van der Waals surface area contributed by atoms with Gasteiger partial charge in [0.15, 0.2) is 0 Å². The molecule has 0 saturated carbocycles. The smallest absolute Gasteiger partial charge is 0.257 e. The Morgan fingerprint density at radius 2 is 1.39 bits per heavy atom. The molecule has 7 heteroatoms. The van der Waals surface area contributed by atoms with Crippen molar-refractivity contribution in [3.8, 4) is 10.6 Å². The minimum absolute atomic E-state index is 0.202. The highest BCUT2D eigenvalue weighted by molar-refractivity contribution is 7.18. The number of nitrogens with one attached hydrogen (secondary N) is 2. The molecule has 1 heterocycles. The van der Waals surface area contributed by atoms with Crippen molar-refractivity contribution >= 4 is 44.7 Å². The van der Waals surface area contributed by atoms with Gasteiger partial charge in [0.25, 0.3) is 11.8 Å². The molecule has 0 atom stereocenters. The van der Waals surface area contributed by atoms with E-state index in [0.29, 0.717) is 21.9 Å². The molecule has 0 spiro atoms. The zero-order valence-electron chi connectivity index (χ0n) is 17.4. The van der Waals surface area contributed by atoms with Gasteiger partial charge >= 0.3 is 0 Å². The third-order valence-corrected chi connectivity index (χ3v) is 5.99. The lowest BCUT2D eigenvalue weighted by molar-refractivity contribution is 0.102. The highest BCUT2D eigenvalue weighted by atomic mass is 32.1. The molecule has 2 amide bonds. The number of carbonyl (C=O) groups is 2. The summed E-state index contributed by atoms with van der Waals surface area (Å²) in [7, 11) is 0. The molecule has 160 valence electrons. The van der Waals surface area contributed by atoms with Gasteiger partial charge in [-0.05, 0) is 41.1 Å². The van der Waals surface area contributed by atoms with Crippen LogP contribution in [0, 0.1) is 0 Å². The van der Waals surface area contributed by atoms with Crippen molar-refractivity contribution in [1.82, 2.24) is 10.2 Å². The second-order valence-corrected chi connectivity index (χ2v) is 8.27. The molecular formula is C26H18N4O2S. The van der Waals surface area contributed by atoms with Crippen molar-refractivity contribution in [2.45, 2.75) is 0 Å². The van der Waals surface area contributed by atoms with E-state index in [0.717, 1.165) is 21.3 Å². The zero-order chi connectivity index (χ0) is 22.6. The molecule has 1 aromatic heterocycles. The molecule has 6 nitrogen and oxygen atoms in total. The summed E-state index contributed by atoms with van der Waals surface area (Å²) < 4.78 is 0. The van der Waals surface area contributed by atoms with Crippen LogP contribution >= 0.6 is 11.3 Å². The molecule has 0 unspecified atom stereocenters. The van der Waals surface area contributed by atoms with Crippen LogP contribution in [-0.4, -0.2) is 22.0 Å². The van der Waals surface area contributed by atoms with Gasteiger partial charge in [-0.2, -0.15) is 0 Å². The first-order chi connectivity index (χ1) is 16.2. The van der Waals surface area contributed by atoms with Crippen LogP contribution in [0.25, 0.3) is 21.3 Å². The maximum absolute atomic E-state index is 12.8. The molecule has 5 aromatic rings. The summed E-state index contributed by atoms with van der Waals surface area (Å²) >= 11 is 1.31. The van der Waals surface area contributed by atoms with Gasteiger partial charge in [0, 0.05) is 22.4 Å². The molecule has 0 fully saturated rings. The lowest BCUT2D eigenvalue weighted by atomic mass is 10.0. The van der Waals surface area contributed by atoms with Gasteiger partial charge in [0.2, 0.25) is 5.13 Å². The van der Waals surface area contributed by atoms with E-state index >= 15 is 0 Å². The highest BCUT2D eigenvalue weighted by Crippen LogP contribution is 2.26. The quantitative estimate of drug-likeness (QED) is 0.351. The van der Waals surface area contributed by atoms with Gasteiger partial charge in [0.05, 0.1) is 0 Å². The normalized spacial score (nSPS) is 10.7. The first-order valence-corrected chi connectivity index (χ1v) is 11.1. The SMILES string of the molecule is O=C(Nc1nnc(-c2ccccc2)s1)c1ccc(NC(=O)c2cccc3ccccc23)cc1. The third-order valence-electron chi connectivity index (χ3n) is 5.11. The monoisotopic (exact) mass is 450 g/mol. The van der Waals surface area contributed by atoms with Crippen LogP contribution in [0.15, 0.2) is 97.1 Å². The molecular weight excluding hydrogens is 432 g/mol. The minimum Gasteiger partial charge on any atom is -0.322 e. The fraction of sp³-hybridized carbons (Fsp3) is 0. The van der Waals surface area contributed by atoms with Crippen molar-refractivity contribution in [1.29, 1.82) is 0 Å². The van der Waals surface area contributed by atoms with Crippen LogP contribution in [0.1, 0.15) is 20.7 Å². The number of anilines is 2. The third kappa shape index (κ3) is 4.49. The fourth-order valence-electron chi connectivity index (χ4n) is 3.47. The van der Waals surface area contributed by atoms with Gasteiger partial charge in [-0.15, -0.1) is 10.2 Å². The van der Waals surface area contributed by atoms with Crippen LogP contribution in [0.5, 0.6) is 0 Å². The number of carbonyl (C=O) groups excluding carboxylic acids is 2. The predicted molar refractivity (Wildman–Crippen MR) is 132 cm³/mol. The summed E-state index contributed by atoms with van der Waals surface area (Å²) in [6, 6.07) is 29.8. The number of fused-ring (bicyclic) bond motifs is 1. The van der Waals surface area contributed by atoms with E-state index in [9.17, 15) is 9.59 Å². The van der Waals surface area contributed by atoms with Crippen molar-refractivity contribution in [3.05, 3.63) is 108 Å². The zero-order valence-corrected chi connectivity index (χ0v) is 18.2. The van der Waals surface area contributed by atoms with Gasteiger partial charge < -0.3 is 5.32 Å². The maximum Gasteiger partial charge on any atom is 0.257 e. The van der Waals surface area contributed by atoms with Gasteiger partial charge in [-0.3, -0.25) is 14.9 Å². The van der Waals surface area contributed by atoms with E-state index in [1.54, 1.807) is 30.3 Å². The summed E-state index contributed by atoms with van der Waals surface area (Å²) in [5.41, 5.74) is 2.60. The largest absolute Gasteiger partial charge is 0.322 e. The highest BCUT2D eigenvalue weighted by Gasteiger charge is 2.13. The Labute approximate surface area is 193 Å². The second kappa shape index (κ2) is 9.02. The molecule has 0 aliphatic carbocycles. The Morgan fingerprint density at radius 1 is 0.667 bits per heavy atom. The lowest BCUT2D eigenvalue weighted by Crippen LogP contribution is -2.14. The average Bonchev–Trinajstić information content (AvgIpc) is 3.33. The topological polar surface area (TPSA) is 84.0 Å². The molecule has 0 bridgehead atoms. The fourth-order valence-corrected chi connectivity index (χ4v) is 4.21. The van der Waals surface area contributed by atoms with Crippen molar-refractivity contribution in [2.75, 3.05) is 10.6 Å². The van der Waals surface area contributed by atoms with E-state index in [2.05, 4.69) is 20.8 Å². The van der Waals surface area contributed by atoms with Gasteiger partial charge in [-0.25, -0.2) is 0 Å². The van der Waals surface area contributed by atoms with Crippen LogP contribution in [-0.2, 0) is 0 Å². The number of hydrogen-bond acceptors (Lipinski definition) is 5. The molecule has 0 aliphatic heterocycles. The first kappa shape index (κ1) is 20.5. The van der Waals surface area contributed by atoms with E-state index in [1.807, 2.05) is 66.7 Å². The Balaban J connectivity index is 1.26. The van der Waals surface area contributed by atoms with Crippen LogP contribution in [0.3, 0.4) is 0 Å². The van der Waals surface area contributed by atoms with Gasteiger partial charge in [0.1, 0.15) is 5.01 Å². The predicted octanol–water partition coefficient (Wildman–Crippen LogP) is 5.86. The maximum atomic E-state index is 12.8. The molecule has 33 heavy (non-hydrogen) atoms. The molecule has 0 aliphatic rings. The minimum atomic E-state index is -0.294. The summed E-state index contributed by atoms with van der Waals surface area (Å²) in [6.45, 7) is 0. The number of nitrogens with zero attached hydrogens (tertiary/aromatic N) is 2. The lowest BCUT2D eigenvalue weighted by Gasteiger charge is -2.09. The number of amides is 2. The molecule has 2 N–H and O–H groups in total. The number of rotatable bonds is 5. The van der Waals surface area contributed by atoms with Crippen molar-refractivity contribution in [2.24, 2.45) is 0 Å². The Hall–Kier alpha value is -4.36. The summed E-state index contributed by atoms with van der Waals surface area (Å²) in [6.07, 6.45) is 0. The van der Waals surface area contributed by atoms with Crippen molar-refractivity contribution in [3.63, 3.8) is 0 Å². The van der Waals surface area contributed by atoms with Crippen LogP contribution in [0.2, 0.25) is 0 Å². The standard InChI is InChI=1S/C26H18N4O2S/c31-23(28-26-30-29-25(33-26)19-8-2-1-3-9-19)18-13-15-20(16-14-18)27-24(32)22-12-6-10-17-7-4-5-11-21(17)22/h1-16H,(H,27,32)(H,28,30,31). The second-order valence-electron chi connectivity index (χ2n) is 7.29. The van der Waals surface area contributed by atoms with Crippen LogP contribution < -0.4 is 10.6 Å². The Bertz CT molecular complexity index is 1440. The molecule has 0 saturated heterocycles. The Morgan fingerprint density at radius 3 is 2.21 bits per heavy atom. The summed E-state index contributed by atoms with van der Waals surface area (Å²) in [5, 5.41) is 16.9. The first-order valence-electron chi connectivity index (χ1n) is 10.3. The Kier molecular flexibility index (Phi) is 5.61. The van der Waals surface area contributed by atoms with Crippen LogP contribution in [0.4, 0.5) is 10.8 Å². The molecule has 5 rings (SSSR count).